The SMILES string of the molecule is Cc1cc(/C=C2\SC(=NCc3ccccc3)N(Cc3ccccc3)C2=O)c(C)n1C1CCCCC1. The smallest absolute Gasteiger partial charge is 0.267 e. The molecule has 0 spiro atoms. The summed E-state index contributed by atoms with van der Waals surface area (Å²) < 4.78 is 2.50. The van der Waals surface area contributed by atoms with Gasteiger partial charge in [-0.3, -0.25) is 14.7 Å². The van der Waals surface area contributed by atoms with Gasteiger partial charge in [0.1, 0.15) is 0 Å². The molecule has 2 heterocycles. The van der Waals surface area contributed by atoms with Gasteiger partial charge in [-0.2, -0.15) is 0 Å². The number of hydrogen-bond donors (Lipinski definition) is 0. The third-order valence-electron chi connectivity index (χ3n) is 7.06. The van der Waals surface area contributed by atoms with Crippen LogP contribution in [0.25, 0.3) is 6.08 Å². The number of benzene rings is 2. The number of carbonyl (C=O) groups is 1. The Morgan fingerprint density at radius 2 is 1.60 bits per heavy atom. The van der Waals surface area contributed by atoms with E-state index < -0.39 is 0 Å². The summed E-state index contributed by atoms with van der Waals surface area (Å²) in [5.74, 6) is 0.0353. The van der Waals surface area contributed by atoms with Crippen molar-refractivity contribution in [3.63, 3.8) is 0 Å². The van der Waals surface area contributed by atoms with E-state index in [4.69, 9.17) is 4.99 Å². The zero-order valence-corrected chi connectivity index (χ0v) is 21.4. The molecule has 2 fully saturated rings. The number of hydrogen-bond acceptors (Lipinski definition) is 3. The Labute approximate surface area is 212 Å². The summed E-state index contributed by atoms with van der Waals surface area (Å²) in [6, 6.07) is 23.2. The maximum atomic E-state index is 13.6. The summed E-state index contributed by atoms with van der Waals surface area (Å²) in [6.45, 7) is 5.48. The largest absolute Gasteiger partial charge is 0.346 e. The summed E-state index contributed by atoms with van der Waals surface area (Å²) in [5, 5.41) is 0.773. The number of carbonyl (C=O) groups excluding carboxylic acids is 1. The molecular formula is C30H33N3OS. The van der Waals surface area contributed by atoms with Crippen LogP contribution in [0.2, 0.25) is 0 Å². The van der Waals surface area contributed by atoms with Gasteiger partial charge in [0.25, 0.3) is 5.91 Å². The number of thioether (sulfide) groups is 1. The Kier molecular flexibility index (Phi) is 7.24. The normalized spacial score (nSPS) is 19.3. The molecule has 2 aliphatic rings. The minimum absolute atomic E-state index is 0.0353. The second-order valence-electron chi connectivity index (χ2n) is 9.56. The molecular weight excluding hydrogens is 450 g/mol. The van der Waals surface area contributed by atoms with Crippen LogP contribution in [-0.2, 0) is 17.9 Å². The number of nitrogens with zero attached hydrogens (tertiary/aromatic N) is 3. The molecule has 5 rings (SSSR count). The Bertz CT molecular complexity index is 1240. The van der Waals surface area contributed by atoms with Crippen LogP contribution in [0.5, 0.6) is 0 Å². The highest BCUT2D eigenvalue weighted by molar-refractivity contribution is 8.18. The van der Waals surface area contributed by atoms with E-state index in [1.165, 1.54) is 55.3 Å². The van der Waals surface area contributed by atoms with Gasteiger partial charge in [0.15, 0.2) is 5.17 Å². The fraction of sp³-hybridized carbons (Fsp3) is 0.333. The van der Waals surface area contributed by atoms with Gasteiger partial charge >= 0.3 is 0 Å². The van der Waals surface area contributed by atoms with Crippen LogP contribution in [0.4, 0.5) is 0 Å². The summed E-state index contributed by atoms with van der Waals surface area (Å²) in [7, 11) is 0. The van der Waals surface area contributed by atoms with Crippen LogP contribution in [0.3, 0.4) is 0 Å². The molecule has 1 aromatic heterocycles. The highest BCUT2D eigenvalue weighted by Crippen LogP contribution is 2.37. The molecule has 0 atom stereocenters. The lowest BCUT2D eigenvalue weighted by Gasteiger charge is -2.26. The first kappa shape index (κ1) is 23.7. The first-order chi connectivity index (χ1) is 17.1. The van der Waals surface area contributed by atoms with E-state index in [0.717, 1.165) is 26.8 Å². The van der Waals surface area contributed by atoms with E-state index in [2.05, 4.69) is 54.8 Å². The van der Waals surface area contributed by atoms with Crippen molar-refractivity contribution in [2.24, 2.45) is 4.99 Å². The van der Waals surface area contributed by atoms with Crippen molar-refractivity contribution in [1.82, 2.24) is 9.47 Å². The molecule has 180 valence electrons. The summed E-state index contributed by atoms with van der Waals surface area (Å²) in [4.78, 5) is 21.0. The Balaban J connectivity index is 1.44. The highest BCUT2D eigenvalue weighted by atomic mass is 32.2. The van der Waals surface area contributed by atoms with E-state index in [1.54, 1.807) is 0 Å². The number of amidine groups is 1. The van der Waals surface area contributed by atoms with Crippen LogP contribution in [0.15, 0.2) is 76.6 Å². The second-order valence-corrected chi connectivity index (χ2v) is 10.6. The van der Waals surface area contributed by atoms with E-state index in [0.29, 0.717) is 19.1 Å². The Morgan fingerprint density at radius 3 is 2.29 bits per heavy atom. The van der Waals surface area contributed by atoms with E-state index in [9.17, 15) is 4.79 Å². The first-order valence-corrected chi connectivity index (χ1v) is 13.4. The van der Waals surface area contributed by atoms with Crippen LogP contribution in [0, 0.1) is 13.8 Å². The fourth-order valence-electron chi connectivity index (χ4n) is 5.26. The molecule has 0 unspecified atom stereocenters. The van der Waals surface area contributed by atoms with Gasteiger partial charge in [0.05, 0.1) is 18.0 Å². The number of amides is 1. The quantitative estimate of drug-likeness (QED) is 0.345. The third kappa shape index (κ3) is 5.30. The Hall–Kier alpha value is -3.05. The van der Waals surface area contributed by atoms with Gasteiger partial charge < -0.3 is 4.57 Å². The highest BCUT2D eigenvalue weighted by Gasteiger charge is 2.33. The minimum Gasteiger partial charge on any atom is -0.346 e. The van der Waals surface area contributed by atoms with Gasteiger partial charge in [0, 0.05) is 17.4 Å². The molecule has 5 heteroatoms. The average Bonchev–Trinajstić information content (AvgIpc) is 3.34. The summed E-state index contributed by atoms with van der Waals surface area (Å²) in [5.41, 5.74) is 5.94. The maximum Gasteiger partial charge on any atom is 0.267 e. The minimum atomic E-state index is 0.0353. The molecule has 1 amide bonds. The van der Waals surface area contributed by atoms with Gasteiger partial charge in [0.2, 0.25) is 0 Å². The molecule has 1 saturated carbocycles. The fourth-order valence-corrected chi connectivity index (χ4v) is 6.23. The lowest BCUT2D eigenvalue weighted by molar-refractivity contribution is -0.122. The number of aryl methyl sites for hydroxylation is 1. The Morgan fingerprint density at radius 1 is 0.943 bits per heavy atom. The van der Waals surface area contributed by atoms with E-state index >= 15 is 0 Å². The predicted molar refractivity (Wildman–Crippen MR) is 146 cm³/mol. The van der Waals surface area contributed by atoms with Gasteiger partial charge in [-0.25, -0.2) is 0 Å². The van der Waals surface area contributed by atoms with Crippen LogP contribution in [0.1, 0.15) is 66.2 Å². The summed E-state index contributed by atoms with van der Waals surface area (Å²) >= 11 is 1.50. The average molecular weight is 484 g/mol. The molecule has 1 saturated heterocycles. The van der Waals surface area contributed by atoms with Crippen molar-refractivity contribution in [3.05, 3.63) is 99.7 Å². The molecule has 3 aromatic rings. The van der Waals surface area contributed by atoms with Gasteiger partial charge in [-0.05, 0) is 67.3 Å². The van der Waals surface area contributed by atoms with Crippen LogP contribution < -0.4 is 0 Å². The van der Waals surface area contributed by atoms with Crippen molar-refractivity contribution in [3.8, 4) is 0 Å². The zero-order chi connectivity index (χ0) is 24.2. The third-order valence-corrected chi connectivity index (χ3v) is 8.11. The standard InChI is InChI=1S/C30H33N3OS/c1-22-18-26(23(2)33(22)27-16-10-5-11-17-27)19-28-29(34)32(21-25-14-8-4-9-15-25)30(35-28)31-20-24-12-6-3-7-13-24/h3-4,6-9,12-15,18-19,27H,5,10-11,16-17,20-21H2,1-2H3/b28-19-,31-30?. The number of aliphatic imine (C=N–C) groups is 1. The predicted octanol–water partition coefficient (Wildman–Crippen LogP) is 7.28. The molecule has 0 radical (unpaired) electrons. The molecule has 35 heavy (non-hydrogen) atoms. The zero-order valence-electron chi connectivity index (χ0n) is 20.6. The lowest BCUT2D eigenvalue weighted by atomic mass is 9.95. The summed E-state index contributed by atoms with van der Waals surface area (Å²) in [6.07, 6.45) is 8.55. The van der Waals surface area contributed by atoms with Crippen LogP contribution in [-0.4, -0.2) is 20.5 Å². The number of aromatic nitrogens is 1. The molecule has 1 aliphatic carbocycles. The van der Waals surface area contributed by atoms with Crippen molar-refractivity contribution < 1.29 is 4.79 Å². The molecule has 2 aromatic carbocycles. The van der Waals surface area contributed by atoms with Gasteiger partial charge in [-0.15, -0.1) is 0 Å². The molecule has 1 aliphatic heterocycles. The molecule has 0 bridgehead atoms. The van der Waals surface area contributed by atoms with Crippen molar-refractivity contribution in [2.45, 2.75) is 65.1 Å². The maximum absolute atomic E-state index is 13.6. The van der Waals surface area contributed by atoms with Crippen molar-refractivity contribution in [2.75, 3.05) is 0 Å². The molecule has 4 nitrogen and oxygen atoms in total. The van der Waals surface area contributed by atoms with Gasteiger partial charge in [-0.1, -0.05) is 79.9 Å². The van der Waals surface area contributed by atoms with Crippen molar-refractivity contribution in [1.29, 1.82) is 0 Å². The first-order valence-electron chi connectivity index (χ1n) is 12.6. The van der Waals surface area contributed by atoms with E-state index in [1.807, 2.05) is 41.3 Å². The van der Waals surface area contributed by atoms with Crippen LogP contribution >= 0.6 is 11.8 Å². The lowest BCUT2D eigenvalue weighted by Crippen LogP contribution is -2.28. The number of rotatable bonds is 6. The van der Waals surface area contributed by atoms with E-state index in [-0.39, 0.29) is 5.91 Å². The topological polar surface area (TPSA) is 37.6 Å². The monoisotopic (exact) mass is 483 g/mol. The van der Waals surface area contributed by atoms with Crippen molar-refractivity contribution >= 4 is 28.9 Å². The molecule has 0 N–H and O–H groups in total. The second kappa shape index (κ2) is 10.7.